The van der Waals surface area contributed by atoms with Gasteiger partial charge in [0.05, 0.1) is 19.9 Å². The standard InChI is InChI=1S/C17H21N3O2/c1-21-15-5-2-6-16(10-15)22-13-14-4-3-9-20(12-14)17-11-18-7-8-19-17/h2,5-8,10-11,14H,3-4,9,12-13H2,1H3/t14-/m0/s1. The Morgan fingerprint density at radius 1 is 1.27 bits per heavy atom. The topological polar surface area (TPSA) is 47.5 Å². The number of piperidine rings is 1. The highest BCUT2D eigenvalue weighted by Gasteiger charge is 2.21. The average Bonchev–Trinajstić information content (AvgIpc) is 2.61. The third kappa shape index (κ3) is 3.67. The summed E-state index contributed by atoms with van der Waals surface area (Å²) in [6.07, 6.45) is 7.61. The maximum absolute atomic E-state index is 5.93. The molecule has 22 heavy (non-hydrogen) atoms. The maximum Gasteiger partial charge on any atom is 0.147 e. The molecule has 0 N–H and O–H groups in total. The van der Waals surface area contributed by atoms with Gasteiger partial charge in [-0.1, -0.05) is 6.07 Å². The molecular weight excluding hydrogens is 278 g/mol. The molecule has 0 aliphatic carbocycles. The molecule has 0 amide bonds. The summed E-state index contributed by atoms with van der Waals surface area (Å²) in [6.45, 7) is 2.71. The van der Waals surface area contributed by atoms with Gasteiger partial charge in [0, 0.05) is 37.5 Å². The van der Waals surface area contributed by atoms with Crippen LogP contribution in [-0.2, 0) is 0 Å². The summed E-state index contributed by atoms with van der Waals surface area (Å²) < 4.78 is 11.1. The minimum Gasteiger partial charge on any atom is -0.497 e. The van der Waals surface area contributed by atoms with Crippen LogP contribution < -0.4 is 14.4 Å². The highest BCUT2D eigenvalue weighted by Crippen LogP contribution is 2.23. The van der Waals surface area contributed by atoms with Crippen LogP contribution >= 0.6 is 0 Å². The highest BCUT2D eigenvalue weighted by molar-refractivity contribution is 5.36. The van der Waals surface area contributed by atoms with Gasteiger partial charge in [0.25, 0.3) is 0 Å². The van der Waals surface area contributed by atoms with Crippen molar-refractivity contribution >= 4 is 5.82 Å². The predicted molar refractivity (Wildman–Crippen MR) is 85.5 cm³/mol. The van der Waals surface area contributed by atoms with Gasteiger partial charge in [0.15, 0.2) is 0 Å². The molecule has 1 aromatic carbocycles. The van der Waals surface area contributed by atoms with E-state index in [1.165, 1.54) is 6.42 Å². The van der Waals surface area contributed by atoms with E-state index in [1.807, 2.05) is 30.5 Å². The maximum atomic E-state index is 5.93. The van der Waals surface area contributed by atoms with Crippen LogP contribution in [0.25, 0.3) is 0 Å². The van der Waals surface area contributed by atoms with Crippen molar-refractivity contribution in [2.45, 2.75) is 12.8 Å². The van der Waals surface area contributed by atoms with Crippen LogP contribution in [0.15, 0.2) is 42.9 Å². The lowest BCUT2D eigenvalue weighted by atomic mass is 9.99. The van der Waals surface area contributed by atoms with E-state index in [0.29, 0.717) is 12.5 Å². The van der Waals surface area contributed by atoms with E-state index in [4.69, 9.17) is 9.47 Å². The molecule has 1 aromatic heterocycles. The van der Waals surface area contributed by atoms with Gasteiger partial charge in [-0.2, -0.15) is 0 Å². The molecule has 116 valence electrons. The minimum atomic E-state index is 0.502. The average molecular weight is 299 g/mol. The van der Waals surface area contributed by atoms with E-state index in [0.717, 1.165) is 36.8 Å². The monoisotopic (exact) mass is 299 g/mol. The number of benzene rings is 1. The lowest BCUT2D eigenvalue weighted by Gasteiger charge is -2.33. The quantitative estimate of drug-likeness (QED) is 0.849. The summed E-state index contributed by atoms with van der Waals surface area (Å²) in [5.74, 6) is 3.13. The Bertz CT molecular complexity index is 591. The third-order valence-corrected chi connectivity index (χ3v) is 3.92. The Labute approximate surface area is 130 Å². The SMILES string of the molecule is COc1cccc(OC[C@H]2CCCN(c3cnccn3)C2)c1. The zero-order valence-electron chi connectivity index (χ0n) is 12.8. The summed E-state index contributed by atoms with van der Waals surface area (Å²) in [5.41, 5.74) is 0. The normalized spacial score (nSPS) is 18.0. The number of rotatable bonds is 5. The second kappa shape index (κ2) is 7.11. The van der Waals surface area contributed by atoms with Gasteiger partial charge < -0.3 is 14.4 Å². The summed E-state index contributed by atoms with van der Waals surface area (Å²) in [7, 11) is 1.67. The number of methoxy groups -OCH3 is 1. The zero-order chi connectivity index (χ0) is 15.2. The molecule has 0 bridgehead atoms. The number of hydrogen-bond donors (Lipinski definition) is 0. The second-order valence-electron chi connectivity index (χ2n) is 5.51. The lowest BCUT2D eigenvalue weighted by Crippen LogP contribution is -2.38. The number of hydrogen-bond acceptors (Lipinski definition) is 5. The molecule has 0 spiro atoms. The molecule has 2 aromatic rings. The first kappa shape index (κ1) is 14.6. The minimum absolute atomic E-state index is 0.502. The molecule has 1 aliphatic rings. The summed E-state index contributed by atoms with van der Waals surface area (Å²) in [5, 5.41) is 0. The molecule has 3 rings (SSSR count). The molecule has 1 saturated heterocycles. The van der Waals surface area contributed by atoms with E-state index in [9.17, 15) is 0 Å². The number of nitrogens with zero attached hydrogens (tertiary/aromatic N) is 3. The zero-order valence-corrected chi connectivity index (χ0v) is 12.8. The Kier molecular flexibility index (Phi) is 4.73. The van der Waals surface area contributed by atoms with Crippen molar-refractivity contribution in [2.75, 3.05) is 31.7 Å². The van der Waals surface area contributed by atoms with E-state index >= 15 is 0 Å². The van der Waals surface area contributed by atoms with Crippen LogP contribution in [0.3, 0.4) is 0 Å². The van der Waals surface area contributed by atoms with Crippen LogP contribution in [-0.4, -0.2) is 36.8 Å². The first-order valence-electron chi connectivity index (χ1n) is 7.63. The van der Waals surface area contributed by atoms with Gasteiger partial charge in [0.2, 0.25) is 0 Å². The first-order chi connectivity index (χ1) is 10.8. The summed E-state index contributed by atoms with van der Waals surface area (Å²) in [6, 6.07) is 7.75. The van der Waals surface area contributed by atoms with Crippen LogP contribution in [0.1, 0.15) is 12.8 Å². The molecule has 1 atom stereocenters. The van der Waals surface area contributed by atoms with Crippen LogP contribution in [0.2, 0.25) is 0 Å². The highest BCUT2D eigenvalue weighted by atomic mass is 16.5. The fourth-order valence-electron chi connectivity index (χ4n) is 2.77. The van der Waals surface area contributed by atoms with Crippen molar-refractivity contribution < 1.29 is 9.47 Å². The molecule has 0 radical (unpaired) electrons. The number of ether oxygens (including phenoxy) is 2. The van der Waals surface area contributed by atoms with Crippen molar-refractivity contribution in [2.24, 2.45) is 5.92 Å². The van der Waals surface area contributed by atoms with Gasteiger partial charge in [-0.05, 0) is 25.0 Å². The molecule has 0 unspecified atom stereocenters. The van der Waals surface area contributed by atoms with Crippen molar-refractivity contribution in [3.63, 3.8) is 0 Å². The van der Waals surface area contributed by atoms with E-state index < -0.39 is 0 Å². The molecule has 5 heteroatoms. The molecule has 0 saturated carbocycles. The molecular formula is C17H21N3O2. The van der Waals surface area contributed by atoms with Gasteiger partial charge in [-0.15, -0.1) is 0 Å². The predicted octanol–water partition coefficient (Wildman–Crippen LogP) is 2.78. The van der Waals surface area contributed by atoms with Gasteiger partial charge in [0.1, 0.15) is 17.3 Å². The number of anilines is 1. The van der Waals surface area contributed by atoms with Gasteiger partial charge >= 0.3 is 0 Å². The Hall–Kier alpha value is -2.30. The van der Waals surface area contributed by atoms with E-state index in [1.54, 1.807) is 19.5 Å². The lowest BCUT2D eigenvalue weighted by molar-refractivity contribution is 0.227. The van der Waals surface area contributed by atoms with Crippen molar-refractivity contribution in [3.8, 4) is 11.5 Å². The Morgan fingerprint density at radius 3 is 3.00 bits per heavy atom. The second-order valence-corrected chi connectivity index (χ2v) is 5.51. The van der Waals surface area contributed by atoms with Crippen molar-refractivity contribution in [3.05, 3.63) is 42.9 Å². The Morgan fingerprint density at radius 2 is 2.18 bits per heavy atom. The van der Waals surface area contributed by atoms with Crippen LogP contribution in [0, 0.1) is 5.92 Å². The smallest absolute Gasteiger partial charge is 0.147 e. The van der Waals surface area contributed by atoms with Crippen molar-refractivity contribution in [1.82, 2.24) is 9.97 Å². The van der Waals surface area contributed by atoms with Crippen LogP contribution in [0.4, 0.5) is 5.82 Å². The van der Waals surface area contributed by atoms with Crippen LogP contribution in [0.5, 0.6) is 11.5 Å². The third-order valence-electron chi connectivity index (χ3n) is 3.92. The first-order valence-corrected chi connectivity index (χ1v) is 7.63. The molecule has 1 aliphatic heterocycles. The van der Waals surface area contributed by atoms with E-state index in [-0.39, 0.29) is 0 Å². The molecule has 5 nitrogen and oxygen atoms in total. The fraction of sp³-hybridized carbons (Fsp3) is 0.412. The molecule has 2 heterocycles. The van der Waals surface area contributed by atoms with E-state index in [2.05, 4.69) is 14.9 Å². The Balaban J connectivity index is 1.56. The van der Waals surface area contributed by atoms with Crippen molar-refractivity contribution in [1.29, 1.82) is 0 Å². The molecule has 1 fully saturated rings. The largest absolute Gasteiger partial charge is 0.497 e. The summed E-state index contributed by atoms with van der Waals surface area (Å²) in [4.78, 5) is 10.8. The summed E-state index contributed by atoms with van der Waals surface area (Å²) >= 11 is 0. The van der Waals surface area contributed by atoms with Gasteiger partial charge in [-0.25, -0.2) is 4.98 Å². The number of aromatic nitrogens is 2. The van der Waals surface area contributed by atoms with Gasteiger partial charge in [-0.3, -0.25) is 4.98 Å². The fourth-order valence-corrected chi connectivity index (χ4v) is 2.77.